The van der Waals surface area contributed by atoms with E-state index in [-0.39, 0.29) is 111 Å². The van der Waals surface area contributed by atoms with Gasteiger partial charge in [-0.25, -0.2) is 19.2 Å². The molecule has 4 fully saturated rings. The second kappa shape index (κ2) is 44.9. The van der Waals surface area contributed by atoms with E-state index in [1.165, 1.54) is 0 Å². The molecule has 4 atom stereocenters. The van der Waals surface area contributed by atoms with Crippen LogP contribution >= 0.6 is 65.6 Å². The summed E-state index contributed by atoms with van der Waals surface area (Å²) in [6, 6.07) is 120. The van der Waals surface area contributed by atoms with Crippen molar-refractivity contribution in [2.24, 2.45) is 0 Å². The second-order valence-electron chi connectivity index (χ2n) is 27.8. The summed E-state index contributed by atoms with van der Waals surface area (Å²) in [7, 11) is 0. The van der Waals surface area contributed by atoms with Crippen LogP contribution in [0.5, 0.6) is 0 Å². The molecule has 4 aliphatic rings. The van der Waals surface area contributed by atoms with Crippen LogP contribution in [0.15, 0.2) is 364 Å². The standard InChI is InChI=1S/C25H24ClNO3.C25H22F3NO3.2C23H21NO3.4H2S/c26-16-17-27-18-23(30-24(27)28)19-29-25(20-10-4-1-5-11-20,21-12-6-2-7-13-21)22-14-8-3-9-15-22;26-24(27,28)18-29-16-22(32-23(29)30)17-31-25(19-10-4-1-5-11-19,20-12-6-2-7-13-20)21-14-8-3-9-15-21;2*25-22-24-16-21(27-22)17-26-23(18-10-4-1-5-11-18,19-12-6-2-7-13-19)20-14-8-3-9-15-20;;;;/h1-15,23H,16-19H2;1-15,22H,16-18H2;2*1-15,21H,16-17H2,(H,24,25);4*1H2/t23-;22-;2*21-;;;;/m0000..../s1. The first-order valence-electron chi connectivity index (χ1n) is 38.3. The minimum Gasteiger partial charge on any atom is -0.442 e. The van der Waals surface area contributed by atoms with Crippen LogP contribution in [-0.4, -0.2) is 136 Å². The van der Waals surface area contributed by atoms with E-state index in [1.807, 2.05) is 255 Å². The molecular weight excluding hydrogens is 1620 g/mol. The van der Waals surface area contributed by atoms with Crippen LogP contribution < -0.4 is 10.6 Å². The molecule has 0 spiro atoms. The molecule has 0 radical (unpaired) electrons. The van der Waals surface area contributed by atoms with Crippen molar-refractivity contribution in [1.29, 1.82) is 0 Å². The summed E-state index contributed by atoms with van der Waals surface area (Å²) < 4.78 is 86.0. The maximum Gasteiger partial charge on any atom is 0.410 e. The van der Waals surface area contributed by atoms with Gasteiger partial charge in [-0.15, -0.1) is 11.6 Å². The van der Waals surface area contributed by atoms with Crippen LogP contribution in [0.2, 0.25) is 0 Å². The number of nitrogens with one attached hydrogen (secondary N) is 2. The Morgan fingerprint density at radius 1 is 0.292 bits per heavy atom. The molecule has 120 heavy (non-hydrogen) atoms. The van der Waals surface area contributed by atoms with Crippen molar-refractivity contribution in [2.45, 2.75) is 53.0 Å². The third-order valence-electron chi connectivity index (χ3n) is 20.2. The molecule has 0 aromatic heterocycles. The van der Waals surface area contributed by atoms with Crippen LogP contribution in [0.3, 0.4) is 0 Å². The first-order valence-corrected chi connectivity index (χ1v) is 38.9. The molecule has 0 unspecified atom stereocenters. The zero-order valence-corrected chi connectivity index (χ0v) is 70.3. The Hall–Kier alpha value is -11.0. The predicted molar refractivity (Wildman–Crippen MR) is 479 cm³/mol. The number of cyclic esters (lactones) is 4. The number of alkyl carbamates (subject to hydrolysis) is 2. The lowest BCUT2D eigenvalue weighted by Gasteiger charge is -2.36. The van der Waals surface area contributed by atoms with E-state index in [1.54, 1.807) is 4.90 Å². The van der Waals surface area contributed by atoms with Crippen LogP contribution in [0, 0.1) is 0 Å². The Bertz CT molecular complexity index is 4500. The molecule has 0 aliphatic carbocycles. The Kier molecular flexibility index (Phi) is 34.8. The van der Waals surface area contributed by atoms with E-state index in [9.17, 15) is 32.3 Å². The van der Waals surface area contributed by atoms with Crippen molar-refractivity contribution < 1.29 is 70.2 Å². The van der Waals surface area contributed by atoms with Crippen molar-refractivity contribution in [1.82, 2.24) is 20.4 Å². The second-order valence-corrected chi connectivity index (χ2v) is 28.2. The number of hydrogen-bond donors (Lipinski definition) is 2. The van der Waals surface area contributed by atoms with Gasteiger partial charge in [-0.1, -0.05) is 364 Å². The molecule has 4 amide bonds. The number of carbonyl (C=O) groups is 4. The van der Waals surface area contributed by atoms with Gasteiger partial charge in [-0.3, -0.25) is 4.90 Å². The van der Waals surface area contributed by atoms with E-state index < -0.39 is 59.5 Å². The van der Waals surface area contributed by atoms with Gasteiger partial charge in [0.25, 0.3) is 0 Å². The van der Waals surface area contributed by atoms with E-state index in [4.69, 9.17) is 49.5 Å². The van der Waals surface area contributed by atoms with Crippen LogP contribution in [0.25, 0.3) is 0 Å². The van der Waals surface area contributed by atoms with Crippen molar-refractivity contribution in [3.05, 3.63) is 431 Å². The first kappa shape index (κ1) is 92.9. The van der Waals surface area contributed by atoms with Gasteiger partial charge in [-0.05, 0) is 66.8 Å². The maximum absolute atomic E-state index is 12.8. The molecule has 12 aromatic rings. The fraction of sp³-hybridized carbons (Fsp3) is 0.208. The summed E-state index contributed by atoms with van der Waals surface area (Å²) in [5, 5.41) is 5.37. The summed E-state index contributed by atoms with van der Waals surface area (Å²) in [5.41, 5.74) is 8.34. The Balaban J connectivity index is 0.000000180. The largest absolute Gasteiger partial charge is 0.442 e. The minimum absolute atomic E-state index is 0. The molecule has 4 saturated heterocycles. The van der Waals surface area contributed by atoms with Crippen molar-refractivity contribution in [3.63, 3.8) is 0 Å². The van der Waals surface area contributed by atoms with Crippen LogP contribution in [0.1, 0.15) is 66.8 Å². The monoisotopic (exact) mass is 1720 g/mol. The highest BCUT2D eigenvalue weighted by Crippen LogP contribution is 2.46. The number of rotatable bonds is 27. The maximum atomic E-state index is 12.8. The molecule has 16 nitrogen and oxygen atoms in total. The number of ether oxygens (including phenoxy) is 8. The highest BCUT2D eigenvalue weighted by molar-refractivity contribution is 7.59. The lowest BCUT2D eigenvalue weighted by atomic mass is 9.80. The van der Waals surface area contributed by atoms with Crippen molar-refractivity contribution in [2.75, 3.05) is 71.6 Å². The summed E-state index contributed by atoms with van der Waals surface area (Å²) in [6.45, 7) is 1.09. The SMILES string of the molecule is O=C1NC[C@@H](COC(c2ccccc2)(c2ccccc2)c2ccccc2)O1.O=C1NC[C@@H](COC(c2ccccc2)(c2ccccc2)c2ccccc2)O1.O=C1O[C@H](COC(c2ccccc2)(c2ccccc2)c2ccccc2)CN1CC(F)(F)F.O=C1O[C@H](COC(c2ccccc2)(c2ccccc2)c2ccccc2)CN1CCCl.S.S.S.S. The fourth-order valence-electron chi connectivity index (χ4n) is 14.9. The van der Waals surface area contributed by atoms with E-state index in [0.717, 1.165) is 66.8 Å². The average Bonchev–Trinajstić information content (AvgIpc) is 1.02. The summed E-state index contributed by atoms with van der Waals surface area (Å²) in [4.78, 5) is 49.1. The zero-order chi connectivity index (χ0) is 80.5. The topological polar surface area (TPSA) is 173 Å². The van der Waals surface area contributed by atoms with Gasteiger partial charge in [0.1, 0.15) is 53.4 Å². The molecule has 0 saturated carbocycles. The van der Waals surface area contributed by atoms with Gasteiger partial charge < -0.3 is 53.4 Å². The molecular formula is C96H96ClF3N4O12S4. The van der Waals surface area contributed by atoms with Gasteiger partial charge in [0, 0.05) is 12.4 Å². The molecule has 624 valence electrons. The number of benzene rings is 12. The molecule has 0 bridgehead atoms. The molecule has 4 aliphatic heterocycles. The molecule has 16 rings (SSSR count). The lowest BCUT2D eigenvalue weighted by molar-refractivity contribution is -0.139. The normalized spacial score (nSPS) is 16.1. The predicted octanol–water partition coefficient (Wildman–Crippen LogP) is 19.1. The van der Waals surface area contributed by atoms with Gasteiger partial charge in [0.2, 0.25) is 0 Å². The molecule has 4 heterocycles. The van der Waals surface area contributed by atoms with Crippen LogP contribution in [0.4, 0.5) is 32.3 Å². The van der Waals surface area contributed by atoms with Gasteiger partial charge in [0.05, 0.1) is 52.6 Å². The third kappa shape index (κ3) is 22.5. The van der Waals surface area contributed by atoms with E-state index in [0.29, 0.717) is 37.0 Å². The smallest absolute Gasteiger partial charge is 0.410 e. The quantitative estimate of drug-likeness (QED) is 0.0284. The third-order valence-corrected chi connectivity index (χ3v) is 20.4. The molecule has 2 N–H and O–H groups in total. The highest BCUT2D eigenvalue weighted by atomic mass is 35.5. The van der Waals surface area contributed by atoms with Crippen LogP contribution in [-0.2, 0) is 60.3 Å². The van der Waals surface area contributed by atoms with Crippen molar-refractivity contribution >= 4 is 90.0 Å². The van der Waals surface area contributed by atoms with Gasteiger partial charge in [-0.2, -0.15) is 67.2 Å². The number of alkyl halides is 4. The highest BCUT2D eigenvalue weighted by Gasteiger charge is 2.46. The summed E-state index contributed by atoms with van der Waals surface area (Å²) in [6.07, 6.45) is -8.40. The van der Waals surface area contributed by atoms with E-state index in [2.05, 4.69) is 120 Å². The zero-order valence-electron chi connectivity index (χ0n) is 65.5. The average molecular weight is 1720 g/mol. The number of nitrogens with zero attached hydrogens (tertiary/aromatic N) is 2. The summed E-state index contributed by atoms with van der Waals surface area (Å²) >= 11 is 5.80. The fourth-order valence-corrected chi connectivity index (χ4v) is 15.2. The summed E-state index contributed by atoms with van der Waals surface area (Å²) in [5.74, 6) is 0.380. The van der Waals surface area contributed by atoms with Gasteiger partial charge >= 0.3 is 30.5 Å². The van der Waals surface area contributed by atoms with Crippen molar-refractivity contribution in [3.8, 4) is 0 Å². The Morgan fingerprint density at radius 2 is 0.475 bits per heavy atom. The number of halogens is 4. The number of hydrogen-bond acceptors (Lipinski definition) is 12. The van der Waals surface area contributed by atoms with E-state index >= 15 is 0 Å². The molecule has 12 aromatic carbocycles. The molecule has 24 heteroatoms. The minimum atomic E-state index is -4.49. The Morgan fingerprint density at radius 3 is 0.650 bits per heavy atom. The lowest BCUT2D eigenvalue weighted by Crippen LogP contribution is -2.38. The number of carbonyl (C=O) groups excluding carboxylic acids is 4. The van der Waals surface area contributed by atoms with Gasteiger partial charge in [0.15, 0.2) is 0 Å². The first-order chi connectivity index (χ1) is 56.7. The Labute approximate surface area is 731 Å². The number of amides is 4.